The second-order valence-electron chi connectivity index (χ2n) is 6.55. The van der Waals surface area contributed by atoms with Gasteiger partial charge in [0, 0.05) is 16.2 Å². The number of benzene rings is 2. The van der Waals surface area contributed by atoms with Crippen LogP contribution in [0.1, 0.15) is 11.1 Å². The lowest BCUT2D eigenvalue weighted by Gasteiger charge is -2.06. The van der Waals surface area contributed by atoms with Gasteiger partial charge in [-0.05, 0) is 30.7 Å². The van der Waals surface area contributed by atoms with E-state index in [0.717, 1.165) is 21.2 Å². The summed E-state index contributed by atoms with van der Waals surface area (Å²) in [4.78, 5) is 20.9. The molecule has 7 heteroatoms. The van der Waals surface area contributed by atoms with Gasteiger partial charge < -0.3 is 4.52 Å². The lowest BCUT2D eigenvalue weighted by molar-refractivity contribution is -0.115. The molecule has 0 fully saturated rings. The molecule has 0 saturated carbocycles. The van der Waals surface area contributed by atoms with E-state index in [9.17, 15) is 4.79 Å². The second kappa shape index (κ2) is 8.36. The molecule has 2 heterocycles. The molecule has 0 aliphatic carbocycles. The normalized spacial score (nSPS) is 10.7. The lowest BCUT2D eigenvalue weighted by atomic mass is 10.0. The van der Waals surface area contributed by atoms with Crippen LogP contribution in [-0.2, 0) is 11.2 Å². The molecule has 2 aromatic carbocycles. The Morgan fingerprint density at radius 3 is 2.76 bits per heavy atom. The third-order valence-corrected chi connectivity index (χ3v) is 4.82. The predicted molar refractivity (Wildman–Crippen MR) is 114 cm³/mol. The zero-order valence-corrected chi connectivity index (χ0v) is 17.2. The van der Waals surface area contributed by atoms with E-state index in [4.69, 9.17) is 4.52 Å². The monoisotopic (exact) mass is 448 g/mol. The minimum atomic E-state index is -0.192. The molecule has 1 N–H and O–H groups in total. The Labute approximate surface area is 176 Å². The molecule has 2 aromatic heterocycles. The minimum absolute atomic E-state index is 0.192. The standard InChI is InChI=1S/C22H17BrN4O2/c1-14-4-2-5-15(10-14)11-19(28)26-22-20(18-8-9-24-13-25-18)21(27-29-22)16-6-3-7-17(23)12-16/h2-10,12-13H,11H2,1H3,(H,26,28). The van der Waals surface area contributed by atoms with Gasteiger partial charge in [-0.25, -0.2) is 9.97 Å². The van der Waals surface area contributed by atoms with Gasteiger partial charge in [0.15, 0.2) is 0 Å². The van der Waals surface area contributed by atoms with Crippen LogP contribution in [0.2, 0.25) is 0 Å². The topological polar surface area (TPSA) is 80.9 Å². The van der Waals surface area contributed by atoms with E-state index in [-0.39, 0.29) is 18.2 Å². The summed E-state index contributed by atoms with van der Waals surface area (Å²) >= 11 is 3.48. The van der Waals surface area contributed by atoms with E-state index in [2.05, 4.69) is 36.4 Å². The average Bonchev–Trinajstić information content (AvgIpc) is 3.12. The summed E-state index contributed by atoms with van der Waals surface area (Å²) < 4.78 is 6.43. The number of anilines is 1. The van der Waals surface area contributed by atoms with Crippen LogP contribution < -0.4 is 5.32 Å². The predicted octanol–water partition coefficient (Wildman–Crippen LogP) is 5.05. The number of aromatic nitrogens is 3. The van der Waals surface area contributed by atoms with Crippen molar-refractivity contribution in [1.29, 1.82) is 0 Å². The molecule has 144 valence electrons. The van der Waals surface area contributed by atoms with Crippen LogP contribution in [0.5, 0.6) is 0 Å². The van der Waals surface area contributed by atoms with Gasteiger partial charge >= 0.3 is 0 Å². The molecule has 0 aliphatic heterocycles. The number of rotatable bonds is 5. The van der Waals surface area contributed by atoms with E-state index in [1.165, 1.54) is 6.33 Å². The summed E-state index contributed by atoms with van der Waals surface area (Å²) in [5.41, 5.74) is 4.70. The number of nitrogens with zero attached hydrogens (tertiary/aromatic N) is 3. The molecule has 0 saturated heterocycles. The van der Waals surface area contributed by atoms with Crippen LogP contribution in [0.3, 0.4) is 0 Å². The highest BCUT2D eigenvalue weighted by Gasteiger charge is 2.22. The van der Waals surface area contributed by atoms with Crippen LogP contribution in [0, 0.1) is 6.92 Å². The van der Waals surface area contributed by atoms with Gasteiger partial charge in [0.1, 0.15) is 12.0 Å². The van der Waals surface area contributed by atoms with Crippen molar-refractivity contribution in [1.82, 2.24) is 15.1 Å². The second-order valence-corrected chi connectivity index (χ2v) is 7.47. The van der Waals surface area contributed by atoms with E-state index in [0.29, 0.717) is 17.0 Å². The fourth-order valence-corrected chi connectivity index (χ4v) is 3.46. The highest BCUT2D eigenvalue weighted by atomic mass is 79.9. The Bertz CT molecular complexity index is 1160. The molecule has 0 bridgehead atoms. The fourth-order valence-electron chi connectivity index (χ4n) is 3.06. The zero-order chi connectivity index (χ0) is 20.2. The minimum Gasteiger partial charge on any atom is -0.337 e. The molecule has 0 spiro atoms. The maximum absolute atomic E-state index is 12.6. The number of aryl methyl sites for hydroxylation is 1. The number of hydrogen-bond donors (Lipinski definition) is 1. The van der Waals surface area contributed by atoms with Crippen molar-refractivity contribution in [3.05, 3.63) is 82.7 Å². The molecular weight excluding hydrogens is 432 g/mol. The maximum atomic E-state index is 12.6. The van der Waals surface area contributed by atoms with E-state index in [1.54, 1.807) is 12.3 Å². The lowest BCUT2D eigenvalue weighted by Crippen LogP contribution is -2.14. The summed E-state index contributed by atoms with van der Waals surface area (Å²) in [6.07, 6.45) is 3.32. The van der Waals surface area contributed by atoms with Crippen LogP contribution >= 0.6 is 15.9 Å². The molecular formula is C22H17BrN4O2. The highest BCUT2D eigenvalue weighted by Crippen LogP contribution is 2.37. The number of carbonyl (C=O) groups is 1. The van der Waals surface area contributed by atoms with Gasteiger partial charge in [0.25, 0.3) is 0 Å². The Balaban J connectivity index is 1.69. The SMILES string of the molecule is Cc1cccc(CC(=O)Nc2onc(-c3cccc(Br)c3)c2-c2ccncn2)c1. The number of amides is 1. The zero-order valence-electron chi connectivity index (χ0n) is 15.6. The van der Waals surface area contributed by atoms with Crippen LogP contribution in [-0.4, -0.2) is 21.0 Å². The highest BCUT2D eigenvalue weighted by molar-refractivity contribution is 9.10. The smallest absolute Gasteiger partial charge is 0.241 e. The molecule has 29 heavy (non-hydrogen) atoms. The first-order chi connectivity index (χ1) is 14.1. The van der Waals surface area contributed by atoms with Gasteiger partial charge in [-0.15, -0.1) is 0 Å². The van der Waals surface area contributed by atoms with Gasteiger partial charge in [0.05, 0.1) is 17.7 Å². The molecule has 0 unspecified atom stereocenters. The molecule has 0 radical (unpaired) electrons. The molecule has 6 nitrogen and oxygen atoms in total. The Morgan fingerprint density at radius 1 is 1.14 bits per heavy atom. The molecule has 4 aromatic rings. The number of nitrogens with one attached hydrogen (secondary N) is 1. The van der Waals surface area contributed by atoms with Crippen molar-refractivity contribution in [2.24, 2.45) is 0 Å². The fraction of sp³-hybridized carbons (Fsp3) is 0.0909. The van der Waals surface area contributed by atoms with Gasteiger partial charge in [-0.3, -0.25) is 10.1 Å². The third-order valence-electron chi connectivity index (χ3n) is 4.33. The van der Waals surface area contributed by atoms with Crippen molar-refractivity contribution in [3.63, 3.8) is 0 Å². The number of hydrogen-bond acceptors (Lipinski definition) is 5. The Kier molecular flexibility index (Phi) is 5.48. The largest absolute Gasteiger partial charge is 0.337 e. The van der Waals surface area contributed by atoms with Crippen LogP contribution in [0.15, 0.2) is 76.1 Å². The van der Waals surface area contributed by atoms with E-state index in [1.807, 2.05) is 55.5 Å². The Hall–Kier alpha value is -3.32. The first kappa shape index (κ1) is 19.0. The first-order valence-electron chi connectivity index (χ1n) is 8.97. The average molecular weight is 449 g/mol. The van der Waals surface area contributed by atoms with Crippen molar-refractivity contribution < 1.29 is 9.32 Å². The van der Waals surface area contributed by atoms with Crippen molar-refractivity contribution >= 4 is 27.7 Å². The molecule has 0 aliphatic rings. The number of halogens is 1. The van der Waals surface area contributed by atoms with Gasteiger partial charge in [-0.2, -0.15) is 0 Å². The Morgan fingerprint density at radius 2 is 2.00 bits per heavy atom. The van der Waals surface area contributed by atoms with Crippen molar-refractivity contribution in [3.8, 4) is 22.5 Å². The first-order valence-corrected chi connectivity index (χ1v) is 9.77. The maximum Gasteiger partial charge on any atom is 0.241 e. The van der Waals surface area contributed by atoms with Gasteiger partial charge in [0.2, 0.25) is 11.8 Å². The molecule has 4 rings (SSSR count). The number of carbonyl (C=O) groups excluding carboxylic acids is 1. The van der Waals surface area contributed by atoms with Crippen LogP contribution in [0.4, 0.5) is 5.88 Å². The van der Waals surface area contributed by atoms with E-state index < -0.39 is 0 Å². The summed E-state index contributed by atoms with van der Waals surface area (Å²) in [5.74, 6) is 0.0687. The van der Waals surface area contributed by atoms with Crippen molar-refractivity contribution in [2.45, 2.75) is 13.3 Å². The summed E-state index contributed by atoms with van der Waals surface area (Å²) in [5, 5.41) is 7.05. The summed E-state index contributed by atoms with van der Waals surface area (Å²) in [7, 11) is 0. The summed E-state index contributed by atoms with van der Waals surface area (Å²) in [6, 6.07) is 17.3. The van der Waals surface area contributed by atoms with Gasteiger partial charge in [-0.1, -0.05) is 63.0 Å². The molecule has 0 atom stereocenters. The van der Waals surface area contributed by atoms with Crippen molar-refractivity contribution in [2.75, 3.05) is 5.32 Å². The quantitative estimate of drug-likeness (QED) is 0.461. The van der Waals surface area contributed by atoms with E-state index >= 15 is 0 Å². The molecule has 1 amide bonds. The van der Waals surface area contributed by atoms with Crippen LogP contribution in [0.25, 0.3) is 22.5 Å². The third kappa shape index (κ3) is 4.41. The summed E-state index contributed by atoms with van der Waals surface area (Å²) in [6.45, 7) is 2.00.